The third-order valence-electron chi connectivity index (χ3n) is 2.20. The lowest BCUT2D eigenvalue weighted by atomic mass is 10.1. The number of rotatable bonds is 1. The number of halogens is 4. The van der Waals surface area contributed by atoms with Crippen LogP contribution < -0.4 is 0 Å². The fourth-order valence-corrected chi connectivity index (χ4v) is 1.38. The molecule has 1 aliphatic rings. The van der Waals surface area contributed by atoms with Crippen molar-refractivity contribution in [3.63, 3.8) is 0 Å². The van der Waals surface area contributed by atoms with Crippen molar-refractivity contribution in [2.45, 2.75) is 65.7 Å². The highest BCUT2D eigenvalue weighted by molar-refractivity contribution is 4.95. The van der Waals surface area contributed by atoms with Gasteiger partial charge in [0.1, 0.15) is 0 Å². The van der Waals surface area contributed by atoms with Crippen LogP contribution in [0.1, 0.15) is 53.9 Å². The van der Waals surface area contributed by atoms with Crippen molar-refractivity contribution < 1.29 is 17.6 Å². The summed E-state index contributed by atoms with van der Waals surface area (Å²) >= 11 is 0. The van der Waals surface area contributed by atoms with Gasteiger partial charge >= 0.3 is 11.8 Å². The van der Waals surface area contributed by atoms with Gasteiger partial charge in [-0.1, -0.05) is 41.0 Å². The van der Waals surface area contributed by atoms with E-state index in [9.17, 15) is 17.6 Å². The van der Waals surface area contributed by atoms with Gasteiger partial charge in [0.25, 0.3) is 0 Å². The van der Waals surface area contributed by atoms with Gasteiger partial charge in [-0.15, -0.1) is 0 Å². The Hall–Kier alpha value is -0.280. The first kappa shape index (κ1) is 17.1. The van der Waals surface area contributed by atoms with E-state index in [4.69, 9.17) is 0 Å². The summed E-state index contributed by atoms with van der Waals surface area (Å²) in [6.45, 7) is 9.65. The van der Waals surface area contributed by atoms with E-state index in [2.05, 4.69) is 0 Å². The van der Waals surface area contributed by atoms with Crippen LogP contribution >= 0.6 is 0 Å². The standard InChI is InChI=1S/C7H10F4.2C2H6/c1-2-5-3-6(8,9)7(10,11)4-5;2*1-2/h5H,2-4H2,1H3;2*1-2H3. The van der Waals surface area contributed by atoms with Gasteiger partial charge in [0.15, 0.2) is 0 Å². The van der Waals surface area contributed by atoms with Crippen molar-refractivity contribution in [1.82, 2.24) is 0 Å². The zero-order valence-corrected chi connectivity index (χ0v) is 10.2. The molecule has 0 amide bonds. The Labute approximate surface area is 90.1 Å². The van der Waals surface area contributed by atoms with Crippen LogP contribution in [0, 0.1) is 5.92 Å². The molecule has 0 spiro atoms. The zero-order valence-electron chi connectivity index (χ0n) is 10.2. The molecule has 0 nitrogen and oxygen atoms in total. The molecule has 0 aromatic carbocycles. The molecular formula is C11H22F4. The molecule has 4 heteroatoms. The van der Waals surface area contributed by atoms with E-state index in [1.807, 2.05) is 27.7 Å². The molecule has 0 aromatic rings. The molecule has 0 heterocycles. The predicted molar refractivity (Wildman–Crippen MR) is 55.6 cm³/mol. The van der Waals surface area contributed by atoms with Crippen molar-refractivity contribution >= 4 is 0 Å². The highest BCUT2D eigenvalue weighted by Crippen LogP contribution is 2.51. The molecule has 0 aromatic heterocycles. The van der Waals surface area contributed by atoms with Gasteiger partial charge in [-0.2, -0.15) is 17.6 Å². The van der Waals surface area contributed by atoms with Gasteiger partial charge in [0.05, 0.1) is 0 Å². The second-order valence-corrected chi connectivity index (χ2v) is 3.09. The summed E-state index contributed by atoms with van der Waals surface area (Å²) in [6.07, 6.45) is -0.905. The highest BCUT2D eigenvalue weighted by atomic mass is 19.3. The molecule has 1 rings (SSSR count). The SMILES string of the molecule is CC.CC.CCC1CC(F)(F)C(F)(F)C1. The van der Waals surface area contributed by atoms with Crippen LogP contribution in [0.3, 0.4) is 0 Å². The summed E-state index contributed by atoms with van der Waals surface area (Å²) in [7, 11) is 0. The topological polar surface area (TPSA) is 0 Å². The molecule has 94 valence electrons. The molecular weight excluding hydrogens is 208 g/mol. The Morgan fingerprint density at radius 1 is 0.867 bits per heavy atom. The van der Waals surface area contributed by atoms with Crippen LogP contribution in [0.15, 0.2) is 0 Å². The lowest BCUT2D eigenvalue weighted by Crippen LogP contribution is -2.33. The molecule has 0 radical (unpaired) electrons. The van der Waals surface area contributed by atoms with Crippen molar-refractivity contribution in [3.8, 4) is 0 Å². The zero-order chi connectivity index (χ0) is 12.7. The minimum atomic E-state index is -3.77. The number of alkyl halides is 4. The van der Waals surface area contributed by atoms with E-state index in [1.54, 1.807) is 6.92 Å². The molecule has 0 bridgehead atoms. The maximum atomic E-state index is 12.4. The van der Waals surface area contributed by atoms with E-state index < -0.39 is 30.6 Å². The van der Waals surface area contributed by atoms with Crippen LogP contribution in [-0.2, 0) is 0 Å². The maximum absolute atomic E-state index is 12.4. The normalized spacial score (nSPS) is 22.2. The number of hydrogen-bond donors (Lipinski definition) is 0. The largest absolute Gasteiger partial charge is 0.310 e. The van der Waals surface area contributed by atoms with Crippen molar-refractivity contribution in [2.24, 2.45) is 5.92 Å². The average Bonchev–Trinajstić information content (AvgIpc) is 2.42. The summed E-state index contributed by atoms with van der Waals surface area (Å²) in [6, 6.07) is 0. The van der Waals surface area contributed by atoms with Crippen LogP contribution in [0.4, 0.5) is 17.6 Å². The molecule has 1 saturated carbocycles. The Bertz CT molecular complexity index is 139. The summed E-state index contributed by atoms with van der Waals surface area (Å²) in [4.78, 5) is 0. The lowest BCUT2D eigenvalue weighted by molar-refractivity contribution is -0.185. The average molecular weight is 230 g/mol. The van der Waals surface area contributed by atoms with E-state index >= 15 is 0 Å². The first-order valence-corrected chi connectivity index (χ1v) is 5.64. The first-order chi connectivity index (χ1) is 6.89. The maximum Gasteiger partial charge on any atom is 0.310 e. The smallest absolute Gasteiger partial charge is 0.200 e. The van der Waals surface area contributed by atoms with Crippen LogP contribution in [0.5, 0.6) is 0 Å². The molecule has 0 atom stereocenters. The summed E-state index contributed by atoms with van der Waals surface area (Å²) in [5.74, 6) is -8.05. The van der Waals surface area contributed by atoms with Crippen molar-refractivity contribution in [1.29, 1.82) is 0 Å². The Kier molecular flexibility index (Phi) is 8.07. The molecule has 1 fully saturated rings. The van der Waals surface area contributed by atoms with Crippen LogP contribution in [0.25, 0.3) is 0 Å². The van der Waals surface area contributed by atoms with Gasteiger partial charge in [-0.05, 0) is 5.92 Å². The third-order valence-corrected chi connectivity index (χ3v) is 2.20. The van der Waals surface area contributed by atoms with Crippen molar-refractivity contribution in [3.05, 3.63) is 0 Å². The molecule has 0 unspecified atom stereocenters. The van der Waals surface area contributed by atoms with Gasteiger partial charge in [-0.25, -0.2) is 0 Å². The fraction of sp³-hybridized carbons (Fsp3) is 1.00. The van der Waals surface area contributed by atoms with Gasteiger partial charge in [0, 0.05) is 12.8 Å². The lowest BCUT2D eigenvalue weighted by Gasteiger charge is -2.16. The van der Waals surface area contributed by atoms with Crippen LogP contribution in [0.2, 0.25) is 0 Å². The molecule has 1 aliphatic carbocycles. The predicted octanol–water partition coefficient (Wildman–Crippen LogP) is 5.13. The van der Waals surface area contributed by atoms with Gasteiger partial charge in [-0.3, -0.25) is 0 Å². The monoisotopic (exact) mass is 230 g/mol. The molecule has 0 saturated heterocycles. The highest BCUT2D eigenvalue weighted by Gasteiger charge is 2.62. The Balaban J connectivity index is 0. The van der Waals surface area contributed by atoms with Crippen LogP contribution in [-0.4, -0.2) is 11.8 Å². The minimum absolute atomic E-state index is 0.408. The Morgan fingerprint density at radius 2 is 1.13 bits per heavy atom. The summed E-state index contributed by atoms with van der Waals surface area (Å²) < 4.78 is 49.6. The molecule has 15 heavy (non-hydrogen) atoms. The van der Waals surface area contributed by atoms with E-state index in [-0.39, 0.29) is 0 Å². The summed E-state index contributed by atoms with van der Waals surface area (Å²) in [5.41, 5.74) is 0. The van der Waals surface area contributed by atoms with E-state index in [0.717, 1.165) is 0 Å². The van der Waals surface area contributed by atoms with E-state index in [0.29, 0.717) is 6.42 Å². The van der Waals surface area contributed by atoms with Gasteiger partial charge < -0.3 is 0 Å². The first-order valence-electron chi connectivity index (χ1n) is 5.64. The minimum Gasteiger partial charge on any atom is -0.200 e. The quantitative estimate of drug-likeness (QED) is 0.548. The second-order valence-electron chi connectivity index (χ2n) is 3.09. The molecule has 0 aliphatic heterocycles. The Morgan fingerprint density at radius 3 is 1.27 bits per heavy atom. The van der Waals surface area contributed by atoms with Gasteiger partial charge in [0.2, 0.25) is 0 Å². The number of hydrogen-bond acceptors (Lipinski definition) is 0. The van der Waals surface area contributed by atoms with E-state index in [1.165, 1.54) is 0 Å². The third kappa shape index (κ3) is 4.39. The summed E-state index contributed by atoms with van der Waals surface area (Å²) in [5, 5.41) is 0. The second kappa shape index (κ2) is 7.07. The van der Waals surface area contributed by atoms with Crippen molar-refractivity contribution in [2.75, 3.05) is 0 Å². The molecule has 0 N–H and O–H groups in total. The fourth-order valence-electron chi connectivity index (χ4n) is 1.38.